The van der Waals surface area contributed by atoms with Crippen molar-refractivity contribution in [1.82, 2.24) is 0 Å². The molecule has 0 unspecified atom stereocenters. The van der Waals surface area contributed by atoms with Crippen LogP contribution in [0.4, 0.5) is 0 Å². The Balaban J connectivity index is 0. The van der Waals surface area contributed by atoms with Crippen molar-refractivity contribution in [3.63, 3.8) is 0 Å². The smallest absolute Gasteiger partial charge is 2.00 e. The molecule has 3 nitrogen and oxygen atoms in total. The fourth-order valence-corrected chi connectivity index (χ4v) is 1.54. The Morgan fingerprint density at radius 1 is 0.667 bits per heavy atom. The molecule has 2 aromatic carbocycles. The summed E-state index contributed by atoms with van der Waals surface area (Å²) in [6.45, 7) is 0. The molecule has 104 valence electrons. The predicted octanol–water partition coefficient (Wildman–Crippen LogP) is 3.74. The van der Waals surface area contributed by atoms with Crippen molar-refractivity contribution in [3.05, 3.63) is 83.9 Å². The van der Waals surface area contributed by atoms with Gasteiger partial charge in [-0.15, -0.1) is 0 Å². The number of rotatable bonds is 4. The van der Waals surface area contributed by atoms with Crippen LogP contribution in [0.15, 0.2) is 72.8 Å². The number of hydrogen-bond donors (Lipinski definition) is 0. The number of benzene rings is 2. The molecule has 2 aromatic rings. The van der Waals surface area contributed by atoms with Crippen molar-refractivity contribution in [2.24, 2.45) is 0 Å². The Hall–Kier alpha value is -1.78. The van der Waals surface area contributed by atoms with Gasteiger partial charge in [0.25, 0.3) is 0 Å². The molecule has 21 heavy (non-hydrogen) atoms. The molecule has 0 radical (unpaired) electrons. The minimum absolute atomic E-state index is 0. The maximum absolute atomic E-state index is 11.6. The van der Waals surface area contributed by atoms with Gasteiger partial charge in [-0.05, 0) is 23.3 Å². The normalized spacial score (nSPS) is 9.52. The second kappa shape index (κ2) is 12.0. The van der Waals surface area contributed by atoms with Crippen molar-refractivity contribution in [3.8, 4) is 0 Å². The quantitative estimate of drug-likeness (QED) is 0.625. The van der Waals surface area contributed by atoms with Crippen LogP contribution in [0.25, 0.3) is 12.2 Å². The van der Waals surface area contributed by atoms with Gasteiger partial charge in [0.15, 0.2) is 5.78 Å². The molecule has 0 atom stereocenters. The Morgan fingerprint density at radius 3 is 1.33 bits per heavy atom. The van der Waals surface area contributed by atoms with Crippen LogP contribution in [0, 0.1) is 0 Å². The Labute approximate surface area is 139 Å². The van der Waals surface area contributed by atoms with Gasteiger partial charge < -0.3 is 11.0 Å². The average molecular weight is 314 g/mol. The van der Waals surface area contributed by atoms with Crippen molar-refractivity contribution in [2.45, 2.75) is 0 Å². The molecule has 2 rings (SSSR count). The van der Waals surface area contributed by atoms with E-state index in [4.69, 9.17) is 0 Å². The Morgan fingerprint density at radius 2 is 1.00 bits per heavy atom. The molecule has 0 aliphatic heterocycles. The summed E-state index contributed by atoms with van der Waals surface area (Å²) in [7, 11) is 0. The van der Waals surface area contributed by atoms with Crippen molar-refractivity contribution in [1.29, 1.82) is 0 Å². The molecule has 0 bridgehead atoms. The van der Waals surface area contributed by atoms with Gasteiger partial charge in [0.05, 0.1) is 0 Å². The number of carbonyl (C=O) groups is 1. The molecule has 0 amide bonds. The van der Waals surface area contributed by atoms with Crippen LogP contribution < -0.4 is 0 Å². The molecular weight excluding hydrogens is 300 g/mol. The SMILES string of the molecule is O=C(C=Cc1ccccc1)C=Cc1ccccc1.[O-2].[O-2].[Ti+4]. The topological polar surface area (TPSA) is 74.1 Å². The second-order valence-corrected chi connectivity index (χ2v) is 3.89. The van der Waals surface area contributed by atoms with E-state index in [2.05, 4.69) is 0 Å². The summed E-state index contributed by atoms with van der Waals surface area (Å²) in [6.07, 6.45) is 6.79. The van der Waals surface area contributed by atoms with Gasteiger partial charge in [-0.25, -0.2) is 0 Å². The summed E-state index contributed by atoms with van der Waals surface area (Å²) in [5.74, 6) is -0.0114. The van der Waals surface area contributed by atoms with E-state index in [-0.39, 0.29) is 38.5 Å². The van der Waals surface area contributed by atoms with Gasteiger partial charge >= 0.3 is 21.7 Å². The molecule has 0 fully saturated rings. The van der Waals surface area contributed by atoms with Crippen LogP contribution in [0.3, 0.4) is 0 Å². The number of hydrogen-bond acceptors (Lipinski definition) is 1. The van der Waals surface area contributed by atoms with E-state index in [1.807, 2.05) is 72.8 Å². The van der Waals surface area contributed by atoms with E-state index in [1.54, 1.807) is 12.2 Å². The summed E-state index contributed by atoms with van der Waals surface area (Å²) in [6, 6.07) is 19.6. The first kappa shape index (κ1) is 21.5. The third-order valence-electron chi connectivity index (χ3n) is 2.48. The molecule has 0 aliphatic rings. The van der Waals surface area contributed by atoms with Gasteiger partial charge in [-0.2, -0.15) is 0 Å². The first-order valence-electron chi connectivity index (χ1n) is 5.85. The van der Waals surface area contributed by atoms with Crippen molar-refractivity contribution >= 4 is 17.9 Å². The molecule has 0 heterocycles. The Bertz CT molecular complexity index is 512. The predicted molar refractivity (Wildman–Crippen MR) is 77.3 cm³/mol. The van der Waals surface area contributed by atoms with E-state index >= 15 is 0 Å². The molecule has 0 spiro atoms. The third-order valence-corrected chi connectivity index (χ3v) is 2.48. The minimum atomic E-state index is -0.0114. The number of allylic oxidation sites excluding steroid dienone is 2. The number of ketones is 1. The van der Waals surface area contributed by atoms with Crippen LogP contribution >= 0.6 is 0 Å². The van der Waals surface area contributed by atoms with Gasteiger partial charge in [0, 0.05) is 0 Å². The van der Waals surface area contributed by atoms with Crippen LogP contribution in [0.1, 0.15) is 11.1 Å². The molecular formula is C17H14O3Ti. The maximum Gasteiger partial charge on any atom is 4.00 e. The van der Waals surface area contributed by atoms with E-state index < -0.39 is 0 Å². The maximum atomic E-state index is 11.6. The summed E-state index contributed by atoms with van der Waals surface area (Å²) >= 11 is 0. The first-order valence-corrected chi connectivity index (χ1v) is 5.85. The van der Waals surface area contributed by atoms with E-state index in [0.717, 1.165) is 11.1 Å². The minimum Gasteiger partial charge on any atom is -2.00 e. The molecule has 0 N–H and O–H groups in total. The standard InChI is InChI=1S/C17H14O.2O.Ti/c18-17(13-11-15-7-3-1-4-8-15)14-12-16-9-5-2-6-10-16;;;/h1-14H;;;/q;2*-2;+4. The molecule has 0 saturated heterocycles. The van der Waals surface area contributed by atoms with Gasteiger partial charge in [-0.1, -0.05) is 72.8 Å². The van der Waals surface area contributed by atoms with Crippen LogP contribution in [-0.2, 0) is 37.5 Å². The van der Waals surface area contributed by atoms with Gasteiger partial charge in [-0.3, -0.25) is 4.79 Å². The largest absolute Gasteiger partial charge is 4.00 e. The zero-order valence-electron chi connectivity index (χ0n) is 11.3. The summed E-state index contributed by atoms with van der Waals surface area (Å²) < 4.78 is 0. The summed E-state index contributed by atoms with van der Waals surface area (Å²) in [5, 5.41) is 0. The van der Waals surface area contributed by atoms with Crippen molar-refractivity contribution < 1.29 is 37.5 Å². The van der Waals surface area contributed by atoms with Crippen LogP contribution in [0.5, 0.6) is 0 Å². The first-order chi connectivity index (χ1) is 8.84. The monoisotopic (exact) mass is 314 g/mol. The van der Waals surface area contributed by atoms with Crippen molar-refractivity contribution in [2.75, 3.05) is 0 Å². The zero-order chi connectivity index (χ0) is 12.6. The van der Waals surface area contributed by atoms with E-state index in [1.165, 1.54) is 0 Å². The molecule has 4 heteroatoms. The fraction of sp³-hybridized carbons (Fsp3) is 0. The molecule has 0 saturated carbocycles. The summed E-state index contributed by atoms with van der Waals surface area (Å²) in [5.41, 5.74) is 2.05. The van der Waals surface area contributed by atoms with Gasteiger partial charge in [0.2, 0.25) is 0 Å². The van der Waals surface area contributed by atoms with E-state index in [9.17, 15) is 4.79 Å². The number of carbonyl (C=O) groups excluding carboxylic acids is 1. The fourth-order valence-electron chi connectivity index (χ4n) is 1.54. The van der Waals surface area contributed by atoms with Crippen LogP contribution in [0.2, 0.25) is 0 Å². The molecule has 0 aliphatic carbocycles. The second-order valence-electron chi connectivity index (χ2n) is 3.89. The van der Waals surface area contributed by atoms with Gasteiger partial charge in [0.1, 0.15) is 0 Å². The average Bonchev–Trinajstić information content (AvgIpc) is 2.45. The van der Waals surface area contributed by atoms with E-state index in [0.29, 0.717) is 0 Å². The van der Waals surface area contributed by atoms with Crippen LogP contribution in [-0.4, -0.2) is 5.78 Å². The Kier molecular flexibility index (Phi) is 12.3. The zero-order valence-corrected chi connectivity index (χ0v) is 12.9. The summed E-state index contributed by atoms with van der Waals surface area (Å²) in [4.78, 5) is 11.6. The third kappa shape index (κ3) is 8.17. The molecule has 0 aromatic heterocycles.